The van der Waals surface area contributed by atoms with Crippen LogP contribution in [0.2, 0.25) is 0 Å². The minimum absolute atomic E-state index is 0.182. The predicted molar refractivity (Wildman–Crippen MR) is 115 cm³/mol. The summed E-state index contributed by atoms with van der Waals surface area (Å²) in [5.74, 6) is -1.19. The van der Waals surface area contributed by atoms with E-state index in [9.17, 15) is 19.2 Å². The second kappa shape index (κ2) is 8.10. The highest BCUT2D eigenvalue weighted by Gasteiger charge is 2.50. The molecule has 1 aliphatic heterocycles. The zero-order chi connectivity index (χ0) is 22.3. The van der Waals surface area contributed by atoms with Crippen LogP contribution in [-0.2, 0) is 9.59 Å². The molecule has 31 heavy (non-hydrogen) atoms. The fourth-order valence-electron chi connectivity index (χ4n) is 4.58. The molecule has 2 fully saturated rings. The van der Waals surface area contributed by atoms with E-state index in [1.807, 2.05) is 6.92 Å². The van der Waals surface area contributed by atoms with Gasteiger partial charge in [-0.15, -0.1) is 0 Å². The van der Waals surface area contributed by atoms with Crippen LogP contribution in [0.15, 0.2) is 42.5 Å². The molecule has 6 heteroatoms. The minimum atomic E-state index is -0.654. The van der Waals surface area contributed by atoms with Gasteiger partial charge >= 0.3 is 5.97 Å². The number of amides is 2. The highest BCUT2D eigenvalue weighted by molar-refractivity contribution is 6.22. The Hall–Kier alpha value is -3.28. The summed E-state index contributed by atoms with van der Waals surface area (Å²) < 4.78 is 5.48. The number of ether oxygens (including phenoxy) is 1. The second-order valence-electron chi connectivity index (χ2n) is 8.64. The molecular weight excluding hydrogens is 394 g/mol. The van der Waals surface area contributed by atoms with Crippen LogP contribution in [-0.4, -0.2) is 23.6 Å². The number of ketones is 1. The van der Waals surface area contributed by atoms with Crippen LogP contribution in [0.1, 0.15) is 59.4 Å². The number of nitrogens with zero attached hydrogens (tertiary/aromatic N) is 1. The summed E-state index contributed by atoms with van der Waals surface area (Å²) in [5.41, 5.74) is 1.79. The van der Waals surface area contributed by atoms with Gasteiger partial charge in [0.15, 0.2) is 5.78 Å². The number of rotatable bonds is 4. The molecule has 6 nitrogen and oxygen atoms in total. The van der Waals surface area contributed by atoms with E-state index >= 15 is 0 Å². The third-order valence-electron chi connectivity index (χ3n) is 6.24. The van der Waals surface area contributed by atoms with E-state index in [0.29, 0.717) is 23.6 Å². The van der Waals surface area contributed by atoms with Crippen molar-refractivity contribution in [2.75, 3.05) is 4.90 Å². The first-order valence-corrected chi connectivity index (χ1v) is 10.6. The van der Waals surface area contributed by atoms with E-state index in [4.69, 9.17) is 4.74 Å². The van der Waals surface area contributed by atoms with Gasteiger partial charge in [0.25, 0.3) is 0 Å². The van der Waals surface area contributed by atoms with Crippen LogP contribution in [0.25, 0.3) is 0 Å². The molecule has 2 aliphatic rings. The smallest absolute Gasteiger partial charge is 0.343 e. The molecule has 0 N–H and O–H groups in total. The zero-order valence-electron chi connectivity index (χ0n) is 17.9. The molecule has 1 heterocycles. The normalized spacial score (nSPS) is 22.9. The molecule has 2 aromatic carbocycles. The van der Waals surface area contributed by atoms with Crippen molar-refractivity contribution in [2.24, 2.45) is 17.8 Å². The SMILES string of the molecule is CC(=O)c1cc(C)ccc1OC(=O)c1cccc(N2C(=O)[C@H]3C[C@@H](C)CC[C@H]3C2=O)c1. The van der Waals surface area contributed by atoms with E-state index in [2.05, 4.69) is 6.92 Å². The summed E-state index contributed by atoms with van der Waals surface area (Å²) in [5, 5.41) is 0. The largest absolute Gasteiger partial charge is 0.422 e. The number of fused-ring (bicyclic) bond motifs is 1. The fourth-order valence-corrected chi connectivity index (χ4v) is 4.58. The Kier molecular flexibility index (Phi) is 5.48. The molecule has 3 atom stereocenters. The molecule has 1 saturated carbocycles. The van der Waals surface area contributed by atoms with Gasteiger partial charge in [0, 0.05) is 0 Å². The number of hydrogen-bond donors (Lipinski definition) is 0. The minimum Gasteiger partial charge on any atom is -0.422 e. The van der Waals surface area contributed by atoms with Gasteiger partial charge in [0.05, 0.1) is 28.7 Å². The Labute approximate surface area is 181 Å². The van der Waals surface area contributed by atoms with Crippen LogP contribution in [0.3, 0.4) is 0 Å². The third-order valence-corrected chi connectivity index (χ3v) is 6.24. The van der Waals surface area contributed by atoms with Gasteiger partial charge in [0.1, 0.15) is 5.75 Å². The standard InChI is InChI=1S/C25H25NO5/c1-14-7-9-19-21(12-14)24(29)26(23(19)28)18-6-4-5-17(13-18)25(30)31-22-10-8-15(2)11-20(22)16(3)27/h4-6,8,10-11,13-14,19,21H,7,9,12H2,1-3H3/t14-,19+,21-/m0/s1. The van der Waals surface area contributed by atoms with Crippen molar-refractivity contribution < 1.29 is 23.9 Å². The van der Waals surface area contributed by atoms with Crippen molar-refractivity contribution in [3.63, 3.8) is 0 Å². The van der Waals surface area contributed by atoms with E-state index in [1.54, 1.807) is 36.4 Å². The summed E-state index contributed by atoms with van der Waals surface area (Å²) in [6.45, 7) is 5.37. The monoisotopic (exact) mass is 419 g/mol. The first-order chi connectivity index (χ1) is 14.8. The van der Waals surface area contributed by atoms with E-state index in [0.717, 1.165) is 18.4 Å². The third kappa shape index (κ3) is 3.90. The maximum absolute atomic E-state index is 13.0. The number of carbonyl (C=O) groups is 4. The highest BCUT2D eigenvalue weighted by atomic mass is 16.5. The van der Waals surface area contributed by atoms with Gasteiger partial charge in [-0.2, -0.15) is 0 Å². The molecule has 4 rings (SSSR count). The van der Waals surface area contributed by atoms with E-state index in [1.165, 1.54) is 17.9 Å². The molecule has 1 saturated heterocycles. The summed E-state index contributed by atoms with van der Waals surface area (Å²) in [7, 11) is 0. The van der Waals surface area contributed by atoms with Gasteiger partial charge < -0.3 is 4.74 Å². The quantitative estimate of drug-likeness (QED) is 0.319. The molecule has 160 valence electrons. The van der Waals surface area contributed by atoms with Crippen molar-refractivity contribution >= 4 is 29.3 Å². The van der Waals surface area contributed by atoms with Crippen LogP contribution in [0, 0.1) is 24.7 Å². The maximum atomic E-state index is 13.0. The molecule has 0 radical (unpaired) electrons. The predicted octanol–water partition coefficient (Wildman–Crippen LogP) is 4.34. The molecule has 0 unspecified atom stereocenters. The van der Waals surface area contributed by atoms with Crippen LogP contribution < -0.4 is 9.64 Å². The number of esters is 1. The van der Waals surface area contributed by atoms with Crippen LogP contribution in [0.4, 0.5) is 5.69 Å². The maximum Gasteiger partial charge on any atom is 0.343 e. The Morgan fingerprint density at radius 2 is 1.74 bits per heavy atom. The topological polar surface area (TPSA) is 80.8 Å². The van der Waals surface area contributed by atoms with Crippen LogP contribution >= 0.6 is 0 Å². The van der Waals surface area contributed by atoms with Gasteiger partial charge in [-0.3, -0.25) is 19.3 Å². The van der Waals surface area contributed by atoms with E-state index in [-0.39, 0.29) is 40.7 Å². The lowest BCUT2D eigenvalue weighted by Crippen LogP contribution is -2.31. The van der Waals surface area contributed by atoms with Crippen molar-refractivity contribution in [2.45, 2.75) is 40.0 Å². The number of hydrogen-bond acceptors (Lipinski definition) is 5. The summed E-state index contributed by atoms with van der Waals surface area (Å²) in [6, 6.07) is 11.4. The summed E-state index contributed by atoms with van der Waals surface area (Å²) in [4.78, 5) is 51.8. The summed E-state index contributed by atoms with van der Waals surface area (Å²) >= 11 is 0. The Morgan fingerprint density at radius 3 is 2.48 bits per heavy atom. The molecule has 2 amide bonds. The molecule has 1 aliphatic carbocycles. The lowest BCUT2D eigenvalue weighted by molar-refractivity contribution is -0.122. The molecule has 0 spiro atoms. The molecule has 0 bridgehead atoms. The van der Waals surface area contributed by atoms with Gasteiger partial charge in [-0.1, -0.05) is 24.6 Å². The van der Waals surface area contributed by atoms with Gasteiger partial charge in [0.2, 0.25) is 11.8 Å². The second-order valence-corrected chi connectivity index (χ2v) is 8.64. The van der Waals surface area contributed by atoms with Crippen molar-refractivity contribution in [1.29, 1.82) is 0 Å². The summed E-state index contributed by atoms with van der Waals surface area (Å²) in [6.07, 6.45) is 2.38. The number of aryl methyl sites for hydroxylation is 1. The zero-order valence-corrected chi connectivity index (χ0v) is 17.9. The first-order valence-electron chi connectivity index (χ1n) is 10.6. The lowest BCUT2D eigenvalue weighted by Gasteiger charge is -2.25. The van der Waals surface area contributed by atoms with Gasteiger partial charge in [-0.25, -0.2) is 4.79 Å². The molecular formula is C25H25NO5. The van der Waals surface area contributed by atoms with Gasteiger partial charge in [-0.05, 0) is 69.4 Å². The average Bonchev–Trinajstić information content (AvgIpc) is 2.98. The van der Waals surface area contributed by atoms with Crippen molar-refractivity contribution in [3.05, 3.63) is 59.2 Å². The Bertz CT molecular complexity index is 1090. The van der Waals surface area contributed by atoms with Crippen LogP contribution in [0.5, 0.6) is 5.75 Å². The van der Waals surface area contributed by atoms with E-state index < -0.39 is 5.97 Å². The number of benzene rings is 2. The average molecular weight is 419 g/mol. The molecule has 2 aromatic rings. The number of imide groups is 1. The highest BCUT2D eigenvalue weighted by Crippen LogP contribution is 2.42. The fraction of sp³-hybridized carbons (Fsp3) is 0.360. The Balaban J connectivity index is 1.59. The lowest BCUT2D eigenvalue weighted by atomic mass is 9.76. The first kappa shape index (κ1) is 21.0. The van der Waals surface area contributed by atoms with Crippen molar-refractivity contribution in [3.8, 4) is 5.75 Å². The number of carbonyl (C=O) groups excluding carboxylic acids is 4. The Morgan fingerprint density at radius 1 is 1.00 bits per heavy atom. The molecule has 0 aromatic heterocycles. The number of Topliss-reactive ketones (excluding diaryl/α,β-unsaturated/α-hetero) is 1. The van der Waals surface area contributed by atoms with Crippen molar-refractivity contribution in [1.82, 2.24) is 0 Å². The number of anilines is 1.